The number of hydrogen-bond acceptors (Lipinski definition) is 4. The molecule has 0 amide bonds. The van der Waals surface area contributed by atoms with Gasteiger partial charge in [-0.3, -0.25) is 0 Å². The summed E-state index contributed by atoms with van der Waals surface area (Å²) in [4.78, 5) is 13.1. The molecule has 1 aliphatic carbocycles. The molecule has 1 aromatic heterocycles. The number of carbonyl (C=O) groups excluding carboxylic acids is 1. The van der Waals surface area contributed by atoms with Gasteiger partial charge in [-0.1, -0.05) is 40.0 Å². The van der Waals surface area contributed by atoms with E-state index in [1.54, 1.807) is 6.07 Å². The van der Waals surface area contributed by atoms with E-state index in [-0.39, 0.29) is 10.3 Å². The van der Waals surface area contributed by atoms with E-state index >= 15 is 0 Å². The third-order valence-electron chi connectivity index (χ3n) is 6.52. The maximum Gasteiger partial charge on any atom is 0.338 e. The maximum absolute atomic E-state index is 13.0. The largest absolute Gasteiger partial charge is 0.456 e. The molecule has 188 valence electrons. The predicted octanol–water partition coefficient (Wildman–Crippen LogP) is 5.94. The van der Waals surface area contributed by atoms with Crippen molar-refractivity contribution in [3.05, 3.63) is 41.1 Å². The number of rotatable bonds is 5. The Morgan fingerprint density at radius 3 is 2.18 bits per heavy atom. The van der Waals surface area contributed by atoms with Crippen LogP contribution in [0.25, 0.3) is 11.3 Å². The van der Waals surface area contributed by atoms with Crippen LogP contribution in [-0.4, -0.2) is 24.6 Å². The van der Waals surface area contributed by atoms with Crippen molar-refractivity contribution < 1.29 is 17.9 Å². The summed E-state index contributed by atoms with van der Waals surface area (Å²) in [6, 6.07) is 7.39. The Labute approximate surface area is 204 Å². The summed E-state index contributed by atoms with van der Waals surface area (Å²) in [6.07, 6.45) is 5.92. The Morgan fingerprint density at radius 2 is 1.65 bits per heavy atom. The first-order valence-electron chi connectivity index (χ1n) is 12.2. The molecule has 2 aromatic rings. The molecule has 3 rings (SSSR count). The molecular formula is C27H40N2O4S. The Balaban J connectivity index is 2.20. The summed E-state index contributed by atoms with van der Waals surface area (Å²) >= 11 is 0. The van der Waals surface area contributed by atoms with Crippen LogP contribution in [0, 0.1) is 12.8 Å². The van der Waals surface area contributed by atoms with Gasteiger partial charge < -0.3 is 9.30 Å². The van der Waals surface area contributed by atoms with Gasteiger partial charge in [0, 0.05) is 17.9 Å². The fourth-order valence-corrected chi connectivity index (χ4v) is 5.47. The minimum Gasteiger partial charge on any atom is -0.456 e. The Morgan fingerprint density at radius 1 is 1.03 bits per heavy atom. The van der Waals surface area contributed by atoms with Gasteiger partial charge in [0.25, 0.3) is 0 Å². The zero-order valence-electron chi connectivity index (χ0n) is 21.7. The Hall–Kier alpha value is -2.12. The molecule has 1 heterocycles. The monoisotopic (exact) mass is 488 g/mol. The number of nitrogens with zero attached hydrogens (tertiary/aromatic N) is 1. The summed E-state index contributed by atoms with van der Waals surface area (Å²) in [5.41, 5.74) is 2.80. The molecule has 1 saturated carbocycles. The smallest absolute Gasteiger partial charge is 0.338 e. The lowest BCUT2D eigenvalue weighted by Crippen LogP contribution is -2.24. The predicted molar refractivity (Wildman–Crippen MR) is 136 cm³/mol. The molecule has 1 aromatic carbocycles. The van der Waals surface area contributed by atoms with Gasteiger partial charge in [-0.25, -0.2) is 18.4 Å². The summed E-state index contributed by atoms with van der Waals surface area (Å²) in [6.45, 7) is 14.4. The molecule has 1 fully saturated rings. The molecular weight excluding hydrogens is 448 g/mol. The van der Waals surface area contributed by atoms with Crippen LogP contribution in [0.4, 0.5) is 0 Å². The zero-order chi connectivity index (χ0) is 25.5. The van der Waals surface area contributed by atoms with E-state index in [0.717, 1.165) is 36.2 Å². The van der Waals surface area contributed by atoms with Crippen LogP contribution in [0.2, 0.25) is 0 Å². The molecule has 0 aliphatic heterocycles. The van der Waals surface area contributed by atoms with Gasteiger partial charge in [-0.15, -0.1) is 0 Å². The summed E-state index contributed by atoms with van der Waals surface area (Å²) in [5, 5.41) is 5.58. The van der Waals surface area contributed by atoms with Crippen LogP contribution in [-0.2, 0) is 26.7 Å². The van der Waals surface area contributed by atoms with Crippen molar-refractivity contribution in [3.63, 3.8) is 0 Å². The molecule has 0 spiro atoms. The third kappa shape index (κ3) is 6.30. The van der Waals surface area contributed by atoms with Gasteiger partial charge in [-0.2, -0.15) is 0 Å². The SMILES string of the molecule is Cc1c(S(N)(=O)=O)cc(-c2cc(C(=O)OC(C)(C)C)cc(C(C)(C)C)c2)n1CC1CCCCC1. The molecule has 34 heavy (non-hydrogen) atoms. The average molecular weight is 489 g/mol. The van der Waals surface area contributed by atoms with Crippen LogP contribution in [0.1, 0.15) is 95.3 Å². The van der Waals surface area contributed by atoms with E-state index in [9.17, 15) is 13.2 Å². The van der Waals surface area contributed by atoms with Crippen LogP contribution in [0.15, 0.2) is 29.2 Å². The van der Waals surface area contributed by atoms with Crippen molar-refractivity contribution >= 4 is 16.0 Å². The van der Waals surface area contributed by atoms with Crippen molar-refractivity contribution in [2.75, 3.05) is 0 Å². The highest BCUT2D eigenvalue weighted by molar-refractivity contribution is 7.89. The molecule has 0 radical (unpaired) electrons. The number of benzene rings is 1. The number of nitrogens with two attached hydrogens (primary N) is 1. The number of primary sulfonamides is 1. The highest BCUT2D eigenvalue weighted by Gasteiger charge is 2.26. The van der Waals surface area contributed by atoms with Crippen molar-refractivity contribution in [2.24, 2.45) is 11.1 Å². The fraction of sp³-hybridized carbons (Fsp3) is 0.593. The molecule has 6 nitrogen and oxygen atoms in total. The van der Waals surface area contributed by atoms with Crippen LogP contribution in [0.3, 0.4) is 0 Å². The number of carbonyl (C=O) groups is 1. The van der Waals surface area contributed by atoms with Gasteiger partial charge in [0.15, 0.2) is 0 Å². The second-order valence-corrected chi connectivity index (χ2v) is 13.2. The number of hydrogen-bond donors (Lipinski definition) is 1. The number of sulfonamides is 1. The first kappa shape index (κ1) is 26.5. The Kier molecular flexibility index (Phi) is 7.40. The minimum absolute atomic E-state index is 0.137. The van der Waals surface area contributed by atoms with E-state index < -0.39 is 21.6 Å². The zero-order valence-corrected chi connectivity index (χ0v) is 22.5. The van der Waals surface area contributed by atoms with E-state index in [1.165, 1.54) is 19.3 Å². The molecule has 0 unspecified atom stereocenters. The topological polar surface area (TPSA) is 91.4 Å². The van der Waals surface area contributed by atoms with Gasteiger partial charge in [-0.05, 0) is 87.3 Å². The molecule has 0 bridgehead atoms. The normalized spacial score (nSPS) is 16.0. The number of esters is 1. The first-order chi connectivity index (χ1) is 15.6. The molecule has 7 heteroatoms. The van der Waals surface area contributed by atoms with E-state index in [2.05, 4.69) is 25.3 Å². The van der Waals surface area contributed by atoms with Crippen molar-refractivity contribution in [3.8, 4) is 11.3 Å². The van der Waals surface area contributed by atoms with E-state index in [4.69, 9.17) is 9.88 Å². The number of aromatic nitrogens is 1. The van der Waals surface area contributed by atoms with Crippen LogP contribution in [0.5, 0.6) is 0 Å². The van der Waals surface area contributed by atoms with Crippen LogP contribution < -0.4 is 5.14 Å². The van der Waals surface area contributed by atoms with Crippen molar-refractivity contribution in [1.82, 2.24) is 4.57 Å². The summed E-state index contributed by atoms with van der Waals surface area (Å²) in [5.74, 6) is 0.0942. The molecule has 2 N–H and O–H groups in total. The highest BCUT2D eigenvalue weighted by Crippen LogP contribution is 2.35. The fourth-order valence-electron chi connectivity index (χ4n) is 4.67. The second-order valence-electron chi connectivity index (χ2n) is 11.7. The van der Waals surface area contributed by atoms with Crippen molar-refractivity contribution in [2.45, 2.75) is 103 Å². The van der Waals surface area contributed by atoms with Gasteiger partial charge in [0.05, 0.1) is 5.56 Å². The van der Waals surface area contributed by atoms with Crippen molar-refractivity contribution in [1.29, 1.82) is 0 Å². The summed E-state index contributed by atoms with van der Waals surface area (Å²) in [7, 11) is -3.89. The minimum atomic E-state index is -3.89. The number of ether oxygens (including phenoxy) is 1. The maximum atomic E-state index is 13.0. The summed E-state index contributed by atoms with van der Waals surface area (Å²) < 4.78 is 32.5. The standard InChI is InChI=1S/C27H40N2O4S/c1-18-24(34(28,31)32)16-23(29(18)17-19-11-9-8-10-12-19)20-13-21(25(30)33-27(5,6)7)15-22(14-20)26(2,3)4/h13-16,19H,8-12,17H2,1-7H3,(H2,28,31,32). The lowest BCUT2D eigenvalue weighted by Gasteiger charge is -2.26. The van der Waals surface area contributed by atoms with E-state index in [0.29, 0.717) is 17.2 Å². The average Bonchev–Trinajstić information content (AvgIpc) is 3.03. The molecule has 0 atom stereocenters. The van der Waals surface area contributed by atoms with E-state index in [1.807, 2.05) is 45.9 Å². The first-order valence-corrected chi connectivity index (χ1v) is 13.7. The van der Waals surface area contributed by atoms with Gasteiger partial charge in [0.2, 0.25) is 10.0 Å². The van der Waals surface area contributed by atoms with Gasteiger partial charge in [0.1, 0.15) is 10.5 Å². The lowest BCUT2D eigenvalue weighted by molar-refractivity contribution is 0.00693. The Bertz CT molecular complexity index is 1160. The third-order valence-corrected chi connectivity index (χ3v) is 7.55. The lowest BCUT2D eigenvalue weighted by atomic mass is 9.84. The molecule has 1 aliphatic rings. The van der Waals surface area contributed by atoms with Crippen LogP contribution >= 0.6 is 0 Å². The second kappa shape index (κ2) is 9.50. The highest BCUT2D eigenvalue weighted by atomic mass is 32.2. The van der Waals surface area contributed by atoms with Gasteiger partial charge >= 0.3 is 5.97 Å². The quantitative estimate of drug-likeness (QED) is 0.527. The molecule has 0 saturated heterocycles.